The molecule has 1 unspecified atom stereocenters. The maximum atomic E-state index is 13.7. The van der Waals surface area contributed by atoms with Gasteiger partial charge in [-0.25, -0.2) is 4.39 Å². The molecule has 2 nitrogen and oxygen atoms in total. The van der Waals surface area contributed by atoms with E-state index >= 15 is 0 Å². The van der Waals surface area contributed by atoms with Crippen LogP contribution in [-0.4, -0.2) is 13.2 Å². The first-order valence-corrected chi connectivity index (χ1v) is 6.37. The van der Waals surface area contributed by atoms with Crippen molar-refractivity contribution in [2.24, 2.45) is 5.73 Å². The maximum Gasteiger partial charge on any atom is 0.126 e. The van der Waals surface area contributed by atoms with E-state index in [-0.39, 0.29) is 11.7 Å². The van der Waals surface area contributed by atoms with E-state index in [1.54, 1.807) is 12.1 Å². The second-order valence-corrected chi connectivity index (χ2v) is 4.45. The molecule has 100 valence electrons. The van der Waals surface area contributed by atoms with Crippen LogP contribution in [0.1, 0.15) is 17.0 Å². The highest BCUT2D eigenvalue weighted by atomic mass is 19.1. The Hall–Kier alpha value is -1.71. The number of hydrogen-bond acceptors (Lipinski definition) is 2. The van der Waals surface area contributed by atoms with Crippen molar-refractivity contribution in [2.75, 3.05) is 13.2 Å². The Morgan fingerprint density at radius 1 is 1.00 bits per heavy atom. The van der Waals surface area contributed by atoms with Crippen LogP contribution in [-0.2, 0) is 11.3 Å². The van der Waals surface area contributed by atoms with Crippen molar-refractivity contribution in [1.82, 2.24) is 0 Å². The zero-order valence-corrected chi connectivity index (χ0v) is 10.8. The zero-order chi connectivity index (χ0) is 13.5. The van der Waals surface area contributed by atoms with Crippen molar-refractivity contribution >= 4 is 0 Å². The summed E-state index contributed by atoms with van der Waals surface area (Å²) in [6, 6.07) is 16.6. The predicted octanol–water partition coefficient (Wildman–Crippen LogP) is 3.08. The van der Waals surface area contributed by atoms with Gasteiger partial charge in [-0.15, -0.1) is 0 Å². The van der Waals surface area contributed by atoms with E-state index in [0.29, 0.717) is 25.3 Å². The SMILES string of the molecule is NCC(COCc1ccccc1)c1ccccc1F. The van der Waals surface area contributed by atoms with Gasteiger partial charge in [-0.1, -0.05) is 48.5 Å². The van der Waals surface area contributed by atoms with Gasteiger partial charge < -0.3 is 10.5 Å². The second-order valence-electron chi connectivity index (χ2n) is 4.45. The molecule has 0 aromatic heterocycles. The highest BCUT2D eigenvalue weighted by Crippen LogP contribution is 2.19. The fraction of sp³-hybridized carbons (Fsp3) is 0.250. The first-order valence-electron chi connectivity index (χ1n) is 6.37. The van der Waals surface area contributed by atoms with E-state index in [0.717, 1.165) is 5.56 Å². The number of benzene rings is 2. The van der Waals surface area contributed by atoms with Gasteiger partial charge >= 0.3 is 0 Å². The summed E-state index contributed by atoms with van der Waals surface area (Å²) in [6.45, 7) is 1.31. The molecule has 2 aromatic rings. The fourth-order valence-electron chi connectivity index (χ4n) is 1.98. The zero-order valence-electron chi connectivity index (χ0n) is 10.8. The molecule has 3 heteroatoms. The summed E-state index contributed by atoms with van der Waals surface area (Å²) in [4.78, 5) is 0. The summed E-state index contributed by atoms with van der Waals surface area (Å²) in [5, 5.41) is 0. The summed E-state index contributed by atoms with van der Waals surface area (Å²) in [5.41, 5.74) is 7.43. The molecular weight excluding hydrogens is 241 g/mol. The van der Waals surface area contributed by atoms with Crippen molar-refractivity contribution in [3.05, 3.63) is 71.5 Å². The lowest BCUT2D eigenvalue weighted by Crippen LogP contribution is -2.19. The lowest BCUT2D eigenvalue weighted by atomic mass is 10.00. The van der Waals surface area contributed by atoms with E-state index in [1.807, 2.05) is 36.4 Å². The molecular formula is C16H18FNO. The van der Waals surface area contributed by atoms with Gasteiger partial charge in [0.15, 0.2) is 0 Å². The van der Waals surface area contributed by atoms with E-state index in [4.69, 9.17) is 10.5 Å². The van der Waals surface area contributed by atoms with Crippen LogP contribution in [0, 0.1) is 5.82 Å². The molecule has 0 saturated carbocycles. The molecule has 2 N–H and O–H groups in total. The third kappa shape index (κ3) is 3.88. The molecule has 0 spiro atoms. The molecule has 1 atom stereocenters. The van der Waals surface area contributed by atoms with Crippen LogP contribution < -0.4 is 5.73 Å². The fourth-order valence-corrected chi connectivity index (χ4v) is 1.98. The smallest absolute Gasteiger partial charge is 0.126 e. The van der Waals surface area contributed by atoms with Gasteiger partial charge in [0.05, 0.1) is 13.2 Å². The number of ether oxygens (including phenoxy) is 1. The first kappa shape index (κ1) is 13.7. The van der Waals surface area contributed by atoms with E-state index in [2.05, 4.69) is 0 Å². The average molecular weight is 259 g/mol. The van der Waals surface area contributed by atoms with Crippen LogP contribution in [0.2, 0.25) is 0 Å². The number of rotatable bonds is 6. The first-order chi connectivity index (χ1) is 9.31. The molecule has 19 heavy (non-hydrogen) atoms. The summed E-state index contributed by atoms with van der Waals surface area (Å²) in [5.74, 6) is -0.328. The van der Waals surface area contributed by atoms with Gasteiger partial charge in [-0.05, 0) is 17.2 Å². The van der Waals surface area contributed by atoms with Gasteiger partial charge in [0, 0.05) is 12.5 Å². The summed E-state index contributed by atoms with van der Waals surface area (Å²) in [6.07, 6.45) is 0. The Labute approximate surface area is 113 Å². The maximum absolute atomic E-state index is 13.7. The van der Waals surface area contributed by atoms with Crippen LogP contribution in [0.25, 0.3) is 0 Å². The van der Waals surface area contributed by atoms with Crippen molar-refractivity contribution in [1.29, 1.82) is 0 Å². The molecule has 2 aromatic carbocycles. The predicted molar refractivity (Wildman–Crippen MR) is 74.3 cm³/mol. The van der Waals surface area contributed by atoms with Gasteiger partial charge in [0.1, 0.15) is 5.82 Å². The quantitative estimate of drug-likeness (QED) is 0.865. The summed E-state index contributed by atoms with van der Waals surface area (Å²) >= 11 is 0. The topological polar surface area (TPSA) is 35.2 Å². The molecule has 0 aliphatic heterocycles. The monoisotopic (exact) mass is 259 g/mol. The molecule has 0 radical (unpaired) electrons. The van der Waals surface area contributed by atoms with Gasteiger partial charge in [-0.3, -0.25) is 0 Å². The molecule has 0 fully saturated rings. The molecule has 0 heterocycles. The Morgan fingerprint density at radius 2 is 1.68 bits per heavy atom. The third-order valence-electron chi connectivity index (χ3n) is 3.06. The Kier molecular flexibility index (Phi) is 5.07. The van der Waals surface area contributed by atoms with E-state index in [1.165, 1.54) is 6.07 Å². The standard InChI is InChI=1S/C16H18FNO/c17-16-9-5-4-8-15(16)14(10-18)12-19-11-13-6-2-1-3-7-13/h1-9,14H,10-12,18H2. The lowest BCUT2D eigenvalue weighted by molar-refractivity contribution is 0.107. The molecule has 0 aliphatic carbocycles. The Bertz CT molecular complexity index is 501. The summed E-state index contributed by atoms with van der Waals surface area (Å²) in [7, 11) is 0. The van der Waals surface area contributed by atoms with Crippen LogP contribution in [0.15, 0.2) is 54.6 Å². The van der Waals surface area contributed by atoms with Gasteiger partial charge in [-0.2, -0.15) is 0 Å². The highest BCUT2D eigenvalue weighted by Gasteiger charge is 2.13. The average Bonchev–Trinajstić information content (AvgIpc) is 2.46. The molecule has 0 bridgehead atoms. The lowest BCUT2D eigenvalue weighted by Gasteiger charge is -2.16. The molecule has 0 aliphatic rings. The Morgan fingerprint density at radius 3 is 2.37 bits per heavy atom. The minimum absolute atomic E-state index is 0.107. The normalized spacial score (nSPS) is 12.3. The minimum atomic E-state index is -0.221. The largest absolute Gasteiger partial charge is 0.376 e. The number of halogens is 1. The number of nitrogens with two attached hydrogens (primary N) is 1. The van der Waals surface area contributed by atoms with Gasteiger partial charge in [0.25, 0.3) is 0 Å². The van der Waals surface area contributed by atoms with Crippen LogP contribution in [0.4, 0.5) is 4.39 Å². The van der Waals surface area contributed by atoms with Crippen molar-refractivity contribution in [2.45, 2.75) is 12.5 Å². The number of hydrogen-bond donors (Lipinski definition) is 1. The van der Waals surface area contributed by atoms with Crippen LogP contribution >= 0.6 is 0 Å². The Balaban J connectivity index is 1.92. The summed E-state index contributed by atoms with van der Waals surface area (Å²) < 4.78 is 19.3. The van der Waals surface area contributed by atoms with Crippen LogP contribution in [0.5, 0.6) is 0 Å². The van der Waals surface area contributed by atoms with Crippen molar-refractivity contribution in [3.8, 4) is 0 Å². The van der Waals surface area contributed by atoms with E-state index in [9.17, 15) is 4.39 Å². The molecule has 2 rings (SSSR count). The van der Waals surface area contributed by atoms with Crippen molar-refractivity contribution in [3.63, 3.8) is 0 Å². The third-order valence-corrected chi connectivity index (χ3v) is 3.06. The van der Waals surface area contributed by atoms with Crippen LogP contribution in [0.3, 0.4) is 0 Å². The molecule has 0 amide bonds. The van der Waals surface area contributed by atoms with Crippen molar-refractivity contribution < 1.29 is 9.13 Å². The second kappa shape index (κ2) is 7.02. The molecule has 0 saturated heterocycles. The van der Waals surface area contributed by atoms with Gasteiger partial charge in [0.2, 0.25) is 0 Å². The minimum Gasteiger partial charge on any atom is -0.376 e. The van der Waals surface area contributed by atoms with E-state index < -0.39 is 0 Å². The highest BCUT2D eigenvalue weighted by molar-refractivity contribution is 5.22.